The number of anilines is 2. The average molecular weight is 294 g/mol. The van der Waals surface area contributed by atoms with Crippen LogP contribution in [0.4, 0.5) is 11.6 Å². The van der Waals surface area contributed by atoms with Crippen LogP contribution in [0.5, 0.6) is 0 Å². The van der Waals surface area contributed by atoms with Gasteiger partial charge in [-0.05, 0) is 37.9 Å². The quantitative estimate of drug-likeness (QED) is 0.640. The van der Waals surface area contributed by atoms with Crippen molar-refractivity contribution in [2.45, 2.75) is 45.2 Å². The topological polar surface area (TPSA) is 41.0 Å². The molecule has 0 saturated carbocycles. The third-order valence-corrected chi connectivity index (χ3v) is 5.04. The molecular weight excluding hydrogens is 268 g/mol. The first-order valence-corrected chi connectivity index (χ1v) is 8.80. The summed E-state index contributed by atoms with van der Waals surface area (Å²) in [5, 5.41) is 4.15. The van der Waals surface area contributed by atoms with Gasteiger partial charge in [-0.2, -0.15) is 0 Å². The monoisotopic (exact) mass is 294 g/mol. The summed E-state index contributed by atoms with van der Waals surface area (Å²) in [6, 6.07) is 2.09. The molecule has 4 nitrogen and oxygen atoms in total. The van der Waals surface area contributed by atoms with Crippen LogP contribution >= 0.6 is 11.8 Å². The molecule has 1 N–H and O–H groups in total. The standard InChI is InChI=1S/C15H26N4S/c1-5-15(6-2)8-9-19(11-15)13-10-12(16-7-3)17-14(18-13)20-4/h10H,5-9,11H2,1-4H3,(H,16,17,18). The molecule has 0 atom stereocenters. The van der Waals surface area contributed by atoms with Crippen molar-refractivity contribution in [1.82, 2.24) is 9.97 Å². The van der Waals surface area contributed by atoms with E-state index < -0.39 is 0 Å². The van der Waals surface area contributed by atoms with Crippen LogP contribution in [0.15, 0.2) is 11.2 Å². The summed E-state index contributed by atoms with van der Waals surface area (Å²) >= 11 is 1.60. The highest BCUT2D eigenvalue weighted by Crippen LogP contribution is 2.39. The molecular formula is C15H26N4S. The largest absolute Gasteiger partial charge is 0.370 e. The second-order valence-corrected chi connectivity index (χ2v) is 6.28. The van der Waals surface area contributed by atoms with Gasteiger partial charge in [-0.15, -0.1) is 0 Å². The Bertz CT molecular complexity index is 445. The maximum Gasteiger partial charge on any atom is 0.191 e. The fraction of sp³-hybridized carbons (Fsp3) is 0.733. The Morgan fingerprint density at radius 2 is 2.05 bits per heavy atom. The third kappa shape index (κ3) is 3.19. The van der Waals surface area contributed by atoms with Gasteiger partial charge in [0.05, 0.1) is 0 Å². The van der Waals surface area contributed by atoms with Crippen molar-refractivity contribution in [2.75, 3.05) is 36.1 Å². The Morgan fingerprint density at radius 1 is 1.30 bits per heavy atom. The molecule has 1 aliphatic heterocycles. The van der Waals surface area contributed by atoms with Crippen LogP contribution in [0.2, 0.25) is 0 Å². The van der Waals surface area contributed by atoms with Crippen LogP contribution < -0.4 is 10.2 Å². The van der Waals surface area contributed by atoms with E-state index in [2.05, 4.69) is 47.0 Å². The zero-order valence-electron chi connectivity index (χ0n) is 13.1. The van der Waals surface area contributed by atoms with Crippen LogP contribution in [-0.4, -0.2) is 35.9 Å². The lowest BCUT2D eigenvalue weighted by molar-refractivity contribution is 0.301. The van der Waals surface area contributed by atoms with Crippen LogP contribution in [0, 0.1) is 5.41 Å². The molecule has 1 aliphatic rings. The maximum atomic E-state index is 4.69. The first-order chi connectivity index (χ1) is 9.66. The Labute approximate surface area is 126 Å². The number of thioether (sulfide) groups is 1. The van der Waals surface area contributed by atoms with Crippen LogP contribution in [0.3, 0.4) is 0 Å². The SMILES string of the molecule is CCNc1cc(N2CCC(CC)(CC)C2)nc(SC)n1. The van der Waals surface area contributed by atoms with Gasteiger partial charge in [-0.3, -0.25) is 0 Å². The summed E-state index contributed by atoms with van der Waals surface area (Å²) in [5.74, 6) is 2.01. The number of hydrogen-bond acceptors (Lipinski definition) is 5. The molecule has 1 fully saturated rings. The van der Waals surface area contributed by atoms with Gasteiger partial charge in [0, 0.05) is 25.7 Å². The summed E-state index contributed by atoms with van der Waals surface area (Å²) in [6.07, 6.45) is 5.80. The number of hydrogen-bond donors (Lipinski definition) is 1. The molecule has 20 heavy (non-hydrogen) atoms. The van der Waals surface area contributed by atoms with Crippen LogP contribution in [0.25, 0.3) is 0 Å². The summed E-state index contributed by atoms with van der Waals surface area (Å²) in [6.45, 7) is 9.83. The lowest BCUT2D eigenvalue weighted by atomic mass is 9.82. The van der Waals surface area contributed by atoms with Gasteiger partial charge in [0.2, 0.25) is 0 Å². The molecule has 0 radical (unpaired) electrons. The molecule has 2 rings (SSSR count). The molecule has 0 bridgehead atoms. The predicted octanol–water partition coefficient (Wildman–Crippen LogP) is 3.65. The van der Waals surface area contributed by atoms with Crippen LogP contribution in [-0.2, 0) is 0 Å². The number of rotatable bonds is 6. The lowest BCUT2D eigenvalue weighted by Crippen LogP contribution is -2.27. The Morgan fingerprint density at radius 3 is 2.60 bits per heavy atom. The maximum absolute atomic E-state index is 4.69. The summed E-state index contributed by atoms with van der Waals surface area (Å²) < 4.78 is 0. The molecule has 0 spiro atoms. The van der Waals surface area contributed by atoms with E-state index in [0.29, 0.717) is 5.41 Å². The van der Waals surface area contributed by atoms with E-state index >= 15 is 0 Å². The molecule has 112 valence electrons. The zero-order valence-corrected chi connectivity index (χ0v) is 13.9. The Kier molecular flexibility index (Phi) is 5.13. The first kappa shape index (κ1) is 15.4. The molecule has 0 aromatic carbocycles. The van der Waals surface area contributed by atoms with Crippen molar-refractivity contribution >= 4 is 23.4 Å². The minimum absolute atomic E-state index is 0.475. The normalized spacial score (nSPS) is 17.5. The fourth-order valence-corrected chi connectivity index (χ4v) is 3.27. The second-order valence-electron chi connectivity index (χ2n) is 5.51. The highest BCUT2D eigenvalue weighted by molar-refractivity contribution is 7.98. The highest BCUT2D eigenvalue weighted by Gasteiger charge is 2.35. The van der Waals surface area contributed by atoms with Gasteiger partial charge < -0.3 is 10.2 Å². The van der Waals surface area contributed by atoms with E-state index in [1.54, 1.807) is 11.8 Å². The summed E-state index contributed by atoms with van der Waals surface area (Å²) in [5.41, 5.74) is 0.475. The molecule has 2 heterocycles. The van der Waals surface area contributed by atoms with Crippen molar-refractivity contribution in [3.63, 3.8) is 0 Å². The average Bonchev–Trinajstić information content (AvgIpc) is 2.92. The molecule has 1 aromatic rings. The summed E-state index contributed by atoms with van der Waals surface area (Å²) in [4.78, 5) is 11.6. The molecule has 0 amide bonds. The number of aromatic nitrogens is 2. The van der Waals surface area contributed by atoms with Crippen molar-refractivity contribution in [1.29, 1.82) is 0 Å². The number of nitrogens with one attached hydrogen (secondary N) is 1. The zero-order chi connectivity index (χ0) is 14.6. The van der Waals surface area contributed by atoms with E-state index in [0.717, 1.165) is 36.4 Å². The van der Waals surface area contributed by atoms with Crippen molar-refractivity contribution in [3.05, 3.63) is 6.07 Å². The van der Waals surface area contributed by atoms with Gasteiger partial charge in [0.25, 0.3) is 0 Å². The Balaban J connectivity index is 2.22. The smallest absolute Gasteiger partial charge is 0.191 e. The van der Waals surface area contributed by atoms with E-state index in [9.17, 15) is 0 Å². The van der Waals surface area contributed by atoms with E-state index in [-0.39, 0.29) is 0 Å². The lowest BCUT2D eigenvalue weighted by Gasteiger charge is -2.27. The van der Waals surface area contributed by atoms with Crippen molar-refractivity contribution in [3.8, 4) is 0 Å². The molecule has 1 aromatic heterocycles. The Hall–Kier alpha value is -0.970. The van der Waals surface area contributed by atoms with E-state index in [4.69, 9.17) is 0 Å². The minimum atomic E-state index is 0.475. The highest BCUT2D eigenvalue weighted by atomic mass is 32.2. The molecule has 0 aliphatic carbocycles. The predicted molar refractivity (Wildman–Crippen MR) is 87.8 cm³/mol. The van der Waals surface area contributed by atoms with Crippen molar-refractivity contribution < 1.29 is 0 Å². The van der Waals surface area contributed by atoms with Gasteiger partial charge in [-0.25, -0.2) is 9.97 Å². The van der Waals surface area contributed by atoms with Crippen molar-refractivity contribution in [2.24, 2.45) is 5.41 Å². The third-order valence-electron chi connectivity index (χ3n) is 4.49. The van der Waals surface area contributed by atoms with Gasteiger partial charge >= 0.3 is 0 Å². The van der Waals surface area contributed by atoms with E-state index in [1.807, 2.05) is 6.26 Å². The van der Waals surface area contributed by atoms with Gasteiger partial charge in [0.1, 0.15) is 11.6 Å². The fourth-order valence-electron chi connectivity index (χ4n) is 2.90. The molecule has 5 heteroatoms. The summed E-state index contributed by atoms with van der Waals surface area (Å²) in [7, 11) is 0. The van der Waals surface area contributed by atoms with Gasteiger partial charge in [-0.1, -0.05) is 25.6 Å². The van der Waals surface area contributed by atoms with Gasteiger partial charge in [0.15, 0.2) is 5.16 Å². The van der Waals surface area contributed by atoms with E-state index in [1.165, 1.54) is 19.3 Å². The first-order valence-electron chi connectivity index (χ1n) is 7.58. The second kappa shape index (κ2) is 6.66. The minimum Gasteiger partial charge on any atom is -0.370 e. The molecule has 1 saturated heterocycles. The van der Waals surface area contributed by atoms with Crippen LogP contribution in [0.1, 0.15) is 40.0 Å². The molecule has 0 unspecified atom stereocenters. The number of nitrogens with zero attached hydrogens (tertiary/aromatic N) is 3.